The van der Waals surface area contributed by atoms with Crippen LogP contribution in [0.3, 0.4) is 0 Å². The highest BCUT2D eigenvalue weighted by Gasteiger charge is 2.14. The summed E-state index contributed by atoms with van der Waals surface area (Å²) in [7, 11) is 1.41. The van der Waals surface area contributed by atoms with Gasteiger partial charge in [-0.1, -0.05) is 24.3 Å². The van der Waals surface area contributed by atoms with Crippen LogP contribution in [0.2, 0.25) is 0 Å². The molecule has 3 aromatic rings. The summed E-state index contributed by atoms with van der Waals surface area (Å²) in [6, 6.07) is 13.7. The third-order valence-corrected chi connectivity index (χ3v) is 4.11. The Bertz CT molecular complexity index is 912. The number of nitrogens with one attached hydrogen (secondary N) is 1. The van der Waals surface area contributed by atoms with E-state index in [1.807, 2.05) is 30.3 Å². The number of methoxy groups -OCH3 is 1. The summed E-state index contributed by atoms with van der Waals surface area (Å²) in [6.45, 7) is 1.79. The number of aromatic nitrogens is 2. The highest BCUT2D eigenvalue weighted by Crippen LogP contribution is 2.22. The van der Waals surface area contributed by atoms with Crippen molar-refractivity contribution in [1.82, 2.24) is 15.5 Å². The molecule has 3 rings (SSSR count). The number of hydrogen-bond donors (Lipinski definition) is 1. The van der Waals surface area contributed by atoms with E-state index in [0.29, 0.717) is 23.8 Å². The average molecular weight is 369 g/mol. The third-order valence-electron chi connectivity index (χ3n) is 4.11. The van der Waals surface area contributed by atoms with Gasteiger partial charge in [-0.15, -0.1) is 10.2 Å². The summed E-state index contributed by atoms with van der Waals surface area (Å²) in [4.78, 5) is 12.2. The maximum absolute atomic E-state index is 13.8. The largest absolute Gasteiger partial charge is 0.494 e. The predicted octanol–water partition coefficient (Wildman–Crippen LogP) is 3.69. The molecule has 1 heterocycles. The maximum Gasteiger partial charge on any atom is 0.247 e. The molecule has 1 amide bonds. The molecule has 0 fully saturated rings. The van der Waals surface area contributed by atoms with E-state index in [0.717, 1.165) is 5.56 Å². The van der Waals surface area contributed by atoms with Gasteiger partial charge in [0.25, 0.3) is 0 Å². The van der Waals surface area contributed by atoms with Crippen molar-refractivity contribution in [1.29, 1.82) is 0 Å². The van der Waals surface area contributed by atoms with Crippen molar-refractivity contribution in [3.63, 3.8) is 0 Å². The van der Waals surface area contributed by atoms with Crippen molar-refractivity contribution < 1.29 is 18.3 Å². The number of aryl methyl sites for hydroxylation is 1. The summed E-state index contributed by atoms with van der Waals surface area (Å²) in [6.07, 6.45) is 0.523. The molecule has 0 spiro atoms. The van der Waals surface area contributed by atoms with Gasteiger partial charge in [0.05, 0.1) is 13.2 Å². The lowest BCUT2D eigenvalue weighted by Gasteiger charge is -2.15. The number of nitrogens with zero attached hydrogens (tertiary/aromatic N) is 2. The first-order valence-electron chi connectivity index (χ1n) is 8.57. The molecule has 1 aromatic heterocycles. The quantitative estimate of drug-likeness (QED) is 0.687. The summed E-state index contributed by atoms with van der Waals surface area (Å²) < 4.78 is 24.3. The molecule has 0 aliphatic heterocycles. The lowest BCUT2D eigenvalue weighted by molar-refractivity contribution is -0.121. The van der Waals surface area contributed by atoms with Crippen LogP contribution in [0.15, 0.2) is 52.9 Å². The van der Waals surface area contributed by atoms with E-state index in [2.05, 4.69) is 15.5 Å². The second kappa shape index (κ2) is 8.44. The summed E-state index contributed by atoms with van der Waals surface area (Å²) in [5, 5.41) is 10.8. The van der Waals surface area contributed by atoms with Gasteiger partial charge in [0.15, 0.2) is 11.6 Å². The fourth-order valence-electron chi connectivity index (χ4n) is 2.62. The van der Waals surface area contributed by atoms with Crippen LogP contribution in [0.4, 0.5) is 4.39 Å². The normalized spacial score (nSPS) is 11.8. The zero-order valence-corrected chi connectivity index (χ0v) is 15.1. The molecule has 6 nitrogen and oxygen atoms in total. The second-order valence-corrected chi connectivity index (χ2v) is 6.05. The summed E-state index contributed by atoms with van der Waals surface area (Å²) >= 11 is 0. The molecule has 140 valence electrons. The molecule has 2 aromatic carbocycles. The Morgan fingerprint density at radius 1 is 1.22 bits per heavy atom. The van der Waals surface area contributed by atoms with Crippen LogP contribution in [-0.4, -0.2) is 23.2 Å². The molecule has 27 heavy (non-hydrogen) atoms. The van der Waals surface area contributed by atoms with Crippen LogP contribution in [0, 0.1) is 5.82 Å². The van der Waals surface area contributed by atoms with Crippen LogP contribution >= 0.6 is 0 Å². The molecule has 0 saturated heterocycles. The van der Waals surface area contributed by atoms with E-state index < -0.39 is 5.82 Å². The van der Waals surface area contributed by atoms with Crippen LogP contribution < -0.4 is 10.1 Å². The predicted molar refractivity (Wildman–Crippen MR) is 97.6 cm³/mol. The van der Waals surface area contributed by atoms with Crippen molar-refractivity contribution in [3.05, 3.63) is 65.8 Å². The first kappa shape index (κ1) is 18.6. The van der Waals surface area contributed by atoms with Crippen LogP contribution in [0.5, 0.6) is 5.75 Å². The summed E-state index contributed by atoms with van der Waals surface area (Å²) in [5.74, 6) is 0.344. The van der Waals surface area contributed by atoms with Gasteiger partial charge in [-0.25, -0.2) is 4.39 Å². The number of carbonyl (C=O) groups is 1. The van der Waals surface area contributed by atoms with Crippen molar-refractivity contribution in [2.75, 3.05) is 7.11 Å². The van der Waals surface area contributed by atoms with E-state index in [-0.39, 0.29) is 24.1 Å². The van der Waals surface area contributed by atoms with E-state index in [1.54, 1.807) is 13.0 Å². The average Bonchev–Trinajstić information content (AvgIpc) is 3.16. The van der Waals surface area contributed by atoms with E-state index >= 15 is 0 Å². The Balaban J connectivity index is 1.54. The van der Waals surface area contributed by atoms with Gasteiger partial charge in [0, 0.05) is 18.4 Å². The topological polar surface area (TPSA) is 77.2 Å². The Hall–Kier alpha value is -3.22. The Kier molecular flexibility index (Phi) is 5.80. The minimum absolute atomic E-state index is 0.169. The molecule has 0 bridgehead atoms. The standard InChI is InChI=1S/C20H20FN3O3/c1-13(15-8-9-17(26-2)16(21)12-15)22-18(25)10-11-19-23-24-20(27-19)14-6-4-3-5-7-14/h3-9,12-13H,10-11H2,1-2H3,(H,22,25). The minimum atomic E-state index is -0.463. The van der Waals surface area contributed by atoms with Gasteiger partial charge in [0.1, 0.15) is 0 Å². The first-order valence-corrected chi connectivity index (χ1v) is 8.57. The fraction of sp³-hybridized carbons (Fsp3) is 0.250. The summed E-state index contributed by atoms with van der Waals surface area (Å²) in [5.41, 5.74) is 1.49. The van der Waals surface area contributed by atoms with Gasteiger partial charge in [0.2, 0.25) is 17.7 Å². The molecule has 7 heteroatoms. The van der Waals surface area contributed by atoms with Crippen LogP contribution in [0.25, 0.3) is 11.5 Å². The monoisotopic (exact) mass is 369 g/mol. The van der Waals surface area contributed by atoms with Gasteiger partial charge >= 0.3 is 0 Å². The van der Waals surface area contributed by atoms with Crippen molar-refractivity contribution in [3.8, 4) is 17.2 Å². The van der Waals surface area contributed by atoms with Crippen molar-refractivity contribution in [2.45, 2.75) is 25.8 Å². The lowest BCUT2D eigenvalue weighted by atomic mass is 10.1. The zero-order valence-electron chi connectivity index (χ0n) is 15.1. The van der Waals surface area contributed by atoms with Crippen LogP contribution in [-0.2, 0) is 11.2 Å². The minimum Gasteiger partial charge on any atom is -0.494 e. The Morgan fingerprint density at radius 3 is 2.70 bits per heavy atom. The third kappa shape index (κ3) is 4.69. The highest BCUT2D eigenvalue weighted by molar-refractivity contribution is 5.76. The van der Waals surface area contributed by atoms with Gasteiger partial charge < -0.3 is 14.5 Å². The van der Waals surface area contributed by atoms with Gasteiger partial charge in [-0.2, -0.15) is 0 Å². The highest BCUT2D eigenvalue weighted by atomic mass is 19.1. The SMILES string of the molecule is COc1ccc(C(C)NC(=O)CCc2nnc(-c3ccccc3)o2)cc1F. The number of rotatable bonds is 7. The number of hydrogen-bond acceptors (Lipinski definition) is 5. The first-order chi connectivity index (χ1) is 13.1. The van der Waals surface area contributed by atoms with Gasteiger partial charge in [-0.3, -0.25) is 4.79 Å². The fourth-order valence-corrected chi connectivity index (χ4v) is 2.62. The molecule has 0 aliphatic rings. The van der Waals surface area contributed by atoms with Gasteiger partial charge in [-0.05, 0) is 36.8 Å². The zero-order chi connectivity index (χ0) is 19.2. The van der Waals surface area contributed by atoms with E-state index in [4.69, 9.17) is 9.15 Å². The molecule has 0 saturated carbocycles. The molecule has 1 N–H and O–H groups in total. The molecular formula is C20H20FN3O3. The molecule has 0 aliphatic carbocycles. The number of ether oxygens (including phenoxy) is 1. The number of benzene rings is 2. The Morgan fingerprint density at radius 2 is 2.00 bits per heavy atom. The lowest BCUT2D eigenvalue weighted by Crippen LogP contribution is -2.26. The molecular weight excluding hydrogens is 349 g/mol. The molecule has 1 unspecified atom stereocenters. The maximum atomic E-state index is 13.8. The van der Waals surface area contributed by atoms with Crippen LogP contribution in [0.1, 0.15) is 30.8 Å². The molecule has 0 radical (unpaired) electrons. The second-order valence-electron chi connectivity index (χ2n) is 6.05. The van der Waals surface area contributed by atoms with E-state index in [1.165, 1.54) is 19.2 Å². The Labute approximate surface area is 156 Å². The molecule has 1 atom stereocenters. The number of halogens is 1. The van der Waals surface area contributed by atoms with Crippen molar-refractivity contribution in [2.24, 2.45) is 0 Å². The number of amides is 1. The van der Waals surface area contributed by atoms with Crippen molar-refractivity contribution >= 4 is 5.91 Å². The number of carbonyl (C=O) groups excluding carboxylic acids is 1. The van der Waals surface area contributed by atoms with E-state index in [9.17, 15) is 9.18 Å². The smallest absolute Gasteiger partial charge is 0.247 e.